The summed E-state index contributed by atoms with van der Waals surface area (Å²) in [6, 6.07) is 3.19. The first kappa shape index (κ1) is 32.4. The Bertz CT molecular complexity index is 1940. The van der Waals surface area contributed by atoms with Gasteiger partial charge in [-0.2, -0.15) is 23.1 Å². The number of nitrogen functional groups attached to an aromatic ring is 1. The van der Waals surface area contributed by atoms with Gasteiger partial charge in [0.2, 0.25) is 5.91 Å². The van der Waals surface area contributed by atoms with Gasteiger partial charge >= 0.3 is 12.2 Å². The second-order valence-electron chi connectivity index (χ2n) is 12.6. The van der Waals surface area contributed by atoms with E-state index in [1.165, 1.54) is 29.0 Å². The Kier molecular flexibility index (Phi) is 7.93. The molecule has 0 bridgehead atoms. The highest BCUT2D eigenvalue weighted by Crippen LogP contribution is 2.45. The highest BCUT2D eigenvalue weighted by atomic mass is 32.1. The molecule has 0 aliphatic carbocycles. The standard InChI is InChI=1S/C32H31F6N7O2S/c1-3-25(46)44-13-22(35)24(14-44)43(2)28-19-9-20(32(36,37)38)18(17-5-6-21(34)27-26(17)41-29(39)48-27)10-23(19)40-30(42-28)47-15-31-7-4-8-45(31)12-16(33)11-31/h3,5-6,9-10,16,22,24H,1,4,7-8,11-15H2,2H3,(H2,39,41)/t16-,22+,24+,31+/m1/s1. The molecule has 0 radical (unpaired) electrons. The van der Waals surface area contributed by atoms with Crippen LogP contribution < -0.4 is 15.4 Å². The maximum atomic E-state index is 15.4. The van der Waals surface area contributed by atoms with E-state index in [9.17, 15) is 26.7 Å². The monoisotopic (exact) mass is 691 g/mol. The van der Waals surface area contributed by atoms with E-state index in [1.807, 2.05) is 4.90 Å². The summed E-state index contributed by atoms with van der Waals surface area (Å²) in [4.78, 5) is 30.1. The van der Waals surface area contributed by atoms with Crippen LogP contribution in [0.4, 0.5) is 37.3 Å². The highest BCUT2D eigenvalue weighted by molar-refractivity contribution is 7.22. The zero-order valence-corrected chi connectivity index (χ0v) is 26.6. The first-order valence-corrected chi connectivity index (χ1v) is 16.2. The summed E-state index contributed by atoms with van der Waals surface area (Å²) in [5.74, 6) is -1.21. The van der Waals surface area contributed by atoms with Crippen LogP contribution in [-0.4, -0.2) is 94.4 Å². The number of anilines is 2. The SMILES string of the molecule is C=CC(=O)N1C[C@H](F)[C@@H](N(C)c2nc(OC[C@@]34CCCN3C[C@H](F)C4)nc3cc(-c4ccc(F)c5sc(N)nc45)c(C(F)(F)F)cc23)C1. The van der Waals surface area contributed by atoms with Crippen molar-refractivity contribution in [3.63, 3.8) is 0 Å². The molecule has 5 heterocycles. The minimum Gasteiger partial charge on any atom is -0.461 e. The maximum Gasteiger partial charge on any atom is 0.417 e. The molecule has 0 spiro atoms. The molecule has 2 aromatic carbocycles. The van der Waals surface area contributed by atoms with Crippen LogP contribution in [0.25, 0.3) is 32.2 Å². The molecule has 16 heteroatoms. The number of carbonyl (C=O) groups is 1. The topological polar surface area (TPSA) is 101 Å². The van der Waals surface area contributed by atoms with Crippen LogP contribution in [0.5, 0.6) is 6.01 Å². The molecule has 3 saturated heterocycles. The van der Waals surface area contributed by atoms with E-state index < -0.39 is 47.4 Å². The Morgan fingerprint density at radius 2 is 1.98 bits per heavy atom. The van der Waals surface area contributed by atoms with Crippen molar-refractivity contribution in [1.29, 1.82) is 0 Å². The minimum absolute atomic E-state index is 0.00213. The Labute approximate surface area is 275 Å². The van der Waals surface area contributed by atoms with Gasteiger partial charge in [0.05, 0.1) is 39.4 Å². The van der Waals surface area contributed by atoms with Crippen LogP contribution in [-0.2, 0) is 11.0 Å². The van der Waals surface area contributed by atoms with Gasteiger partial charge in [0.15, 0.2) is 5.13 Å². The van der Waals surface area contributed by atoms with Crippen molar-refractivity contribution in [2.75, 3.05) is 50.5 Å². The predicted octanol–water partition coefficient (Wildman–Crippen LogP) is 5.77. The summed E-state index contributed by atoms with van der Waals surface area (Å²) in [6.07, 6.45) is -4.57. The number of fused-ring (bicyclic) bond motifs is 3. The Balaban J connectivity index is 1.38. The van der Waals surface area contributed by atoms with Crippen molar-refractivity contribution < 1.29 is 35.9 Å². The highest BCUT2D eigenvalue weighted by Gasteiger charge is 2.49. The van der Waals surface area contributed by atoms with Gasteiger partial charge in [0.25, 0.3) is 0 Å². The van der Waals surface area contributed by atoms with E-state index in [0.29, 0.717) is 13.0 Å². The number of rotatable bonds is 7. The number of nitrogens with zero attached hydrogens (tertiary/aromatic N) is 6. The van der Waals surface area contributed by atoms with E-state index in [2.05, 4.69) is 21.5 Å². The summed E-state index contributed by atoms with van der Waals surface area (Å²) in [5.41, 5.74) is 3.84. The van der Waals surface area contributed by atoms with E-state index in [1.54, 1.807) is 0 Å². The summed E-state index contributed by atoms with van der Waals surface area (Å²) in [5, 5.41) is -0.0696. The number of aromatic nitrogens is 3. The van der Waals surface area contributed by atoms with Gasteiger partial charge in [0.1, 0.15) is 30.6 Å². The summed E-state index contributed by atoms with van der Waals surface area (Å²) in [7, 11) is 1.48. The third kappa shape index (κ3) is 5.47. The number of nitrogens with two attached hydrogens (primary N) is 1. The van der Waals surface area contributed by atoms with Gasteiger partial charge in [-0.3, -0.25) is 9.69 Å². The second kappa shape index (κ2) is 11.8. The smallest absolute Gasteiger partial charge is 0.417 e. The van der Waals surface area contributed by atoms with Crippen molar-refractivity contribution in [3.05, 3.63) is 48.3 Å². The fourth-order valence-electron chi connectivity index (χ4n) is 7.36. The number of thiazole rings is 1. The molecule has 0 unspecified atom stereocenters. The van der Waals surface area contributed by atoms with Crippen molar-refractivity contribution in [2.24, 2.45) is 0 Å². The summed E-state index contributed by atoms with van der Waals surface area (Å²) in [6.45, 7) is 4.20. The number of benzene rings is 2. The maximum absolute atomic E-state index is 15.4. The number of amides is 1. The van der Waals surface area contributed by atoms with Crippen LogP contribution in [0.1, 0.15) is 24.8 Å². The van der Waals surface area contributed by atoms with Crippen LogP contribution in [0.2, 0.25) is 0 Å². The number of halogens is 6. The molecular formula is C32H31F6N7O2S. The average molecular weight is 692 g/mol. The Hall–Kier alpha value is -4.18. The van der Waals surface area contributed by atoms with Gasteiger partial charge < -0.3 is 20.3 Å². The Morgan fingerprint density at radius 3 is 2.73 bits per heavy atom. The lowest BCUT2D eigenvalue weighted by atomic mass is 9.95. The molecule has 0 saturated carbocycles. The first-order chi connectivity index (χ1) is 22.8. The zero-order valence-electron chi connectivity index (χ0n) is 25.7. The molecule has 48 heavy (non-hydrogen) atoms. The molecule has 9 nitrogen and oxygen atoms in total. The number of hydrogen-bond donors (Lipinski definition) is 1. The minimum atomic E-state index is -4.89. The second-order valence-corrected chi connectivity index (χ2v) is 13.6. The third-order valence-corrected chi connectivity index (χ3v) is 10.6. The first-order valence-electron chi connectivity index (χ1n) is 15.4. The molecule has 7 rings (SSSR count). The molecular weight excluding hydrogens is 660 g/mol. The Morgan fingerprint density at radius 1 is 1.19 bits per heavy atom. The van der Waals surface area contributed by atoms with Crippen LogP contribution in [0.15, 0.2) is 36.9 Å². The summed E-state index contributed by atoms with van der Waals surface area (Å²) < 4.78 is 95.1. The molecule has 254 valence electrons. The quantitative estimate of drug-likeness (QED) is 0.193. The number of likely N-dealkylation sites (tertiary alicyclic amines) is 1. The molecule has 3 aliphatic heterocycles. The van der Waals surface area contributed by atoms with Gasteiger partial charge in [-0.25, -0.2) is 18.2 Å². The van der Waals surface area contributed by atoms with E-state index in [0.717, 1.165) is 36.0 Å². The number of hydrogen-bond acceptors (Lipinski definition) is 9. The van der Waals surface area contributed by atoms with Crippen LogP contribution in [0.3, 0.4) is 0 Å². The third-order valence-electron chi connectivity index (χ3n) is 9.67. The molecule has 1 amide bonds. The lowest BCUT2D eigenvalue weighted by Crippen LogP contribution is -2.43. The van der Waals surface area contributed by atoms with E-state index >= 15 is 4.39 Å². The molecule has 4 atom stereocenters. The van der Waals surface area contributed by atoms with Crippen LogP contribution in [0, 0.1) is 5.82 Å². The van der Waals surface area contributed by atoms with Crippen molar-refractivity contribution in [1.82, 2.24) is 24.8 Å². The number of likely N-dealkylation sites (N-methyl/N-ethyl adjacent to an activating group) is 1. The lowest BCUT2D eigenvalue weighted by molar-refractivity contribution is -0.137. The molecule has 4 aromatic rings. The normalized spacial score (nSPS) is 24.5. The fourth-order valence-corrected chi connectivity index (χ4v) is 8.13. The number of ether oxygens (including phenoxy) is 1. The van der Waals surface area contributed by atoms with E-state index in [4.69, 9.17) is 10.5 Å². The number of carbonyl (C=O) groups excluding carboxylic acids is 1. The van der Waals surface area contributed by atoms with Crippen molar-refractivity contribution >= 4 is 49.3 Å². The van der Waals surface area contributed by atoms with E-state index in [-0.39, 0.29) is 81.9 Å². The van der Waals surface area contributed by atoms with Gasteiger partial charge in [0, 0.05) is 37.5 Å². The number of alkyl halides is 5. The van der Waals surface area contributed by atoms with Crippen molar-refractivity contribution in [2.45, 2.75) is 49.4 Å². The lowest BCUT2D eigenvalue weighted by Gasteiger charge is -2.31. The molecule has 2 N–H and O–H groups in total. The predicted molar refractivity (Wildman–Crippen MR) is 170 cm³/mol. The fraction of sp³-hybridized carbons (Fsp3) is 0.438. The molecule has 3 fully saturated rings. The average Bonchev–Trinajstić information content (AvgIpc) is 3.80. The zero-order chi connectivity index (χ0) is 34.1. The van der Waals surface area contributed by atoms with Gasteiger partial charge in [-0.15, -0.1) is 0 Å². The summed E-state index contributed by atoms with van der Waals surface area (Å²) >= 11 is 0.815. The van der Waals surface area contributed by atoms with Crippen LogP contribution >= 0.6 is 11.3 Å². The van der Waals surface area contributed by atoms with Crippen molar-refractivity contribution in [3.8, 4) is 17.1 Å². The molecule has 3 aliphatic rings. The largest absolute Gasteiger partial charge is 0.461 e. The van der Waals surface area contributed by atoms with Gasteiger partial charge in [-0.05, 0) is 55.3 Å². The van der Waals surface area contributed by atoms with Gasteiger partial charge in [-0.1, -0.05) is 17.9 Å². The molecule has 2 aromatic heterocycles.